The molecular formula is C64H37N3O2. The van der Waals surface area contributed by atoms with Crippen LogP contribution in [0.5, 0.6) is 0 Å². The summed E-state index contributed by atoms with van der Waals surface area (Å²) in [7, 11) is 0. The number of nitrogens with zero attached hydrogens (tertiary/aromatic N) is 3. The summed E-state index contributed by atoms with van der Waals surface area (Å²) in [6.45, 7) is 0. The predicted octanol–water partition coefficient (Wildman–Crippen LogP) is 16.3. The van der Waals surface area contributed by atoms with Crippen LogP contribution in [0.15, 0.2) is 234 Å². The average Bonchev–Trinajstić information content (AvgIpc) is 4.17. The van der Waals surface area contributed by atoms with Gasteiger partial charge in [0.25, 0.3) is 0 Å². The van der Waals surface area contributed by atoms with Gasteiger partial charge in [0, 0.05) is 72.9 Å². The van der Waals surface area contributed by atoms with E-state index in [0.29, 0.717) is 5.82 Å². The van der Waals surface area contributed by atoms with Crippen molar-refractivity contribution in [2.45, 2.75) is 5.41 Å². The third kappa shape index (κ3) is 5.32. The van der Waals surface area contributed by atoms with Crippen molar-refractivity contribution in [3.8, 4) is 78.4 Å². The largest absolute Gasteiger partial charge is 0.455 e. The lowest BCUT2D eigenvalue weighted by atomic mass is 9.69. The third-order valence-corrected chi connectivity index (χ3v) is 14.6. The fraction of sp³-hybridized carbons (Fsp3) is 0.0156. The van der Waals surface area contributed by atoms with Gasteiger partial charge in [-0.25, -0.2) is 9.97 Å². The van der Waals surface area contributed by atoms with Gasteiger partial charge in [0.2, 0.25) is 0 Å². The summed E-state index contributed by atoms with van der Waals surface area (Å²) in [6.07, 6.45) is 3.78. The fourth-order valence-corrected chi connectivity index (χ4v) is 11.7. The van der Waals surface area contributed by atoms with Crippen molar-refractivity contribution in [2.24, 2.45) is 0 Å². The first-order chi connectivity index (χ1) is 34.2. The summed E-state index contributed by atoms with van der Waals surface area (Å²) in [6, 6.07) is 75.4. The summed E-state index contributed by atoms with van der Waals surface area (Å²) in [5.74, 6) is 0.670. The van der Waals surface area contributed by atoms with Crippen LogP contribution in [0.3, 0.4) is 0 Å². The molecule has 320 valence electrons. The number of furan rings is 2. The minimum absolute atomic E-state index is 0.670. The minimum Gasteiger partial charge on any atom is -0.455 e. The zero-order valence-electron chi connectivity index (χ0n) is 37.0. The maximum absolute atomic E-state index is 7.29. The van der Waals surface area contributed by atoms with E-state index in [1.165, 1.54) is 33.4 Å². The number of para-hydroxylation sites is 2. The van der Waals surface area contributed by atoms with Crippen molar-refractivity contribution in [1.29, 1.82) is 0 Å². The van der Waals surface area contributed by atoms with Gasteiger partial charge in [-0.2, -0.15) is 0 Å². The monoisotopic (exact) mass is 879 g/mol. The van der Waals surface area contributed by atoms with Crippen molar-refractivity contribution >= 4 is 43.9 Å². The number of hydrogen-bond acceptors (Lipinski definition) is 5. The lowest BCUT2D eigenvalue weighted by Gasteiger charge is -2.31. The van der Waals surface area contributed by atoms with E-state index in [2.05, 4.69) is 199 Å². The molecule has 0 saturated heterocycles. The summed E-state index contributed by atoms with van der Waals surface area (Å²) < 4.78 is 14.3. The second-order valence-corrected chi connectivity index (χ2v) is 18.2. The molecule has 0 atom stereocenters. The maximum atomic E-state index is 7.29. The van der Waals surface area contributed by atoms with E-state index in [1.54, 1.807) is 0 Å². The zero-order valence-corrected chi connectivity index (χ0v) is 37.0. The summed E-state index contributed by atoms with van der Waals surface area (Å²) in [5, 5.41) is 4.28. The molecule has 5 nitrogen and oxygen atoms in total. The zero-order chi connectivity index (χ0) is 45.2. The van der Waals surface area contributed by atoms with Crippen LogP contribution in [0.1, 0.15) is 22.3 Å². The first-order valence-electron chi connectivity index (χ1n) is 23.4. The fourth-order valence-electron chi connectivity index (χ4n) is 11.7. The third-order valence-electron chi connectivity index (χ3n) is 14.6. The second kappa shape index (κ2) is 14.4. The first kappa shape index (κ1) is 38.0. The standard InChI is InChI=1S/C64H37N3O2/c1-3-16-39(17-4-1)53-36-54(40-18-5-2-6-19-40)67-63(66-53)41-31-29-38(30-32-41)47-34-52-60(62-57(47)45-23-9-13-27-55(45)69-62)59-51(64(52)49-25-11-7-21-43(49)44-22-8-12-26-50(44)64)35-48(42-20-15-33-65-37-42)61-58(59)46-24-10-14-28-56(46)68-61/h1-37H. The SMILES string of the molecule is c1ccc(-c2cc(-c3ccccc3)nc(-c3ccc(-c4cc5c(c6oc7ccccc7c46)-c4c(cc(-c6cccnc6)c6oc7ccccc7c46)C54c5ccccc5-c5ccccc54)cc3)n2)cc1. The van der Waals surface area contributed by atoms with E-state index < -0.39 is 5.41 Å². The number of pyridine rings is 1. The van der Waals surface area contributed by atoms with E-state index in [0.717, 1.165) is 105 Å². The quantitative estimate of drug-likeness (QED) is 0.172. The van der Waals surface area contributed by atoms with Gasteiger partial charge in [0.1, 0.15) is 22.3 Å². The number of rotatable bonds is 5. The van der Waals surface area contributed by atoms with Crippen LogP contribution >= 0.6 is 0 Å². The van der Waals surface area contributed by atoms with Crippen LogP contribution in [-0.2, 0) is 5.41 Å². The molecule has 13 aromatic rings. The molecular weight excluding hydrogens is 843 g/mol. The van der Waals surface area contributed by atoms with Crippen LogP contribution in [0, 0.1) is 0 Å². The normalized spacial score (nSPS) is 13.0. The van der Waals surface area contributed by atoms with E-state index in [-0.39, 0.29) is 0 Å². The lowest BCUT2D eigenvalue weighted by molar-refractivity contribution is 0.669. The maximum Gasteiger partial charge on any atom is 0.160 e. The van der Waals surface area contributed by atoms with Crippen LogP contribution in [0.2, 0.25) is 0 Å². The highest BCUT2D eigenvalue weighted by Crippen LogP contribution is 2.67. The molecule has 0 fully saturated rings. The Kier molecular flexibility index (Phi) is 7.93. The second-order valence-electron chi connectivity index (χ2n) is 18.2. The molecule has 0 unspecified atom stereocenters. The topological polar surface area (TPSA) is 65.0 Å². The molecule has 15 rings (SSSR count). The molecule has 2 aliphatic carbocycles. The molecule has 0 aliphatic heterocycles. The van der Waals surface area contributed by atoms with E-state index >= 15 is 0 Å². The highest BCUT2D eigenvalue weighted by molar-refractivity contribution is 6.25. The Balaban J connectivity index is 1.04. The Hall–Kier alpha value is -9.19. The first-order valence-corrected chi connectivity index (χ1v) is 23.4. The van der Waals surface area contributed by atoms with Gasteiger partial charge < -0.3 is 8.83 Å². The van der Waals surface area contributed by atoms with Crippen LogP contribution < -0.4 is 0 Å². The van der Waals surface area contributed by atoms with Gasteiger partial charge in [-0.1, -0.05) is 176 Å². The highest BCUT2D eigenvalue weighted by Gasteiger charge is 2.54. The van der Waals surface area contributed by atoms with Gasteiger partial charge in [-0.05, 0) is 80.9 Å². The molecule has 9 aromatic carbocycles. The van der Waals surface area contributed by atoms with Crippen molar-refractivity contribution in [3.05, 3.63) is 247 Å². The van der Waals surface area contributed by atoms with Crippen molar-refractivity contribution in [2.75, 3.05) is 0 Å². The van der Waals surface area contributed by atoms with Crippen LogP contribution in [-0.4, -0.2) is 15.0 Å². The van der Waals surface area contributed by atoms with E-state index in [1.807, 2.05) is 30.6 Å². The number of aromatic nitrogens is 3. The highest BCUT2D eigenvalue weighted by atomic mass is 16.3. The molecule has 0 saturated carbocycles. The molecule has 69 heavy (non-hydrogen) atoms. The summed E-state index contributed by atoms with van der Waals surface area (Å²) in [4.78, 5) is 15.0. The van der Waals surface area contributed by atoms with E-state index in [4.69, 9.17) is 18.8 Å². The lowest BCUT2D eigenvalue weighted by Crippen LogP contribution is -2.26. The van der Waals surface area contributed by atoms with Gasteiger partial charge in [0.15, 0.2) is 5.82 Å². The van der Waals surface area contributed by atoms with Crippen LogP contribution in [0.25, 0.3) is 122 Å². The smallest absolute Gasteiger partial charge is 0.160 e. The molecule has 4 aromatic heterocycles. The van der Waals surface area contributed by atoms with Crippen molar-refractivity contribution < 1.29 is 8.83 Å². The Labute approximate surface area is 396 Å². The van der Waals surface area contributed by atoms with Gasteiger partial charge in [0.05, 0.1) is 16.8 Å². The van der Waals surface area contributed by atoms with E-state index in [9.17, 15) is 0 Å². The van der Waals surface area contributed by atoms with Crippen LogP contribution in [0.4, 0.5) is 0 Å². The Bertz CT molecular complexity index is 4130. The van der Waals surface area contributed by atoms with Gasteiger partial charge in [-0.15, -0.1) is 0 Å². The molecule has 0 N–H and O–H groups in total. The Morgan fingerprint density at radius 1 is 0.348 bits per heavy atom. The molecule has 2 aliphatic rings. The molecule has 0 amide bonds. The number of fused-ring (bicyclic) bond motifs is 18. The molecule has 4 heterocycles. The summed E-state index contributed by atoms with van der Waals surface area (Å²) in [5.41, 5.74) is 21.2. The predicted molar refractivity (Wildman–Crippen MR) is 278 cm³/mol. The van der Waals surface area contributed by atoms with Crippen molar-refractivity contribution in [3.63, 3.8) is 0 Å². The molecule has 5 heteroatoms. The Morgan fingerprint density at radius 2 is 0.870 bits per heavy atom. The minimum atomic E-state index is -0.706. The number of hydrogen-bond donors (Lipinski definition) is 0. The van der Waals surface area contributed by atoms with Crippen molar-refractivity contribution in [1.82, 2.24) is 15.0 Å². The molecule has 1 spiro atoms. The number of benzene rings is 9. The molecule has 0 radical (unpaired) electrons. The average molecular weight is 880 g/mol. The molecule has 0 bridgehead atoms. The Morgan fingerprint density at radius 3 is 1.51 bits per heavy atom. The summed E-state index contributed by atoms with van der Waals surface area (Å²) >= 11 is 0. The van der Waals surface area contributed by atoms with Gasteiger partial charge in [-0.3, -0.25) is 4.98 Å². The van der Waals surface area contributed by atoms with Gasteiger partial charge >= 0.3 is 0 Å².